The van der Waals surface area contributed by atoms with Gasteiger partial charge in [0.05, 0.1) is 38.3 Å². The molecular weight excluding hydrogens is 322 g/mol. The van der Waals surface area contributed by atoms with Crippen molar-refractivity contribution in [2.45, 2.75) is 47.6 Å². The molecule has 0 aromatic rings. The van der Waals surface area contributed by atoms with E-state index in [1.165, 1.54) is 10.8 Å². The predicted octanol–water partition coefficient (Wildman–Crippen LogP) is 0.714. The van der Waals surface area contributed by atoms with Gasteiger partial charge in [0.15, 0.2) is 0 Å². The molecule has 3 fully saturated rings. The molecule has 0 radical (unpaired) electrons. The number of hydrogen-bond donors (Lipinski definition) is 2. The second-order valence-electron chi connectivity index (χ2n) is 5.39. The van der Waals surface area contributed by atoms with Crippen molar-refractivity contribution in [2.24, 2.45) is 0 Å². The molecule has 8 heteroatoms. The summed E-state index contributed by atoms with van der Waals surface area (Å²) >= 11 is 0. The van der Waals surface area contributed by atoms with Gasteiger partial charge < -0.3 is 10.2 Å². The van der Waals surface area contributed by atoms with Crippen molar-refractivity contribution in [2.75, 3.05) is 18.6 Å². The Bertz CT molecular complexity index is 372. The average molecular weight is 342 g/mol. The molecule has 0 spiro atoms. The Labute approximate surface area is 127 Å². The standard InChI is InChI=1S/C11H19NO3S4/c1-12-6(10-8(13)4-16-17-10)2-3-7(12)11-9(14)5-19(15)18-11/h6-11,13-14H,2-5H2,1H3. The fourth-order valence-electron chi connectivity index (χ4n) is 3.24. The third-order valence-corrected chi connectivity index (χ3v) is 10.6. The van der Waals surface area contributed by atoms with E-state index in [0.29, 0.717) is 11.8 Å². The molecule has 3 saturated heterocycles. The third kappa shape index (κ3) is 2.86. The van der Waals surface area contributed by atoms with Crippen molar-refractivity contribution in [1.82, 2.24) is 4.90 Å². The SMILES string of the molecule is CN1C(C2SSCC2O)CCC1C1SS(=O)CC1O. The molecule has 0 aromatic carbocycles. The highest BCUT2D eigenvalue weighted by atomic mass is 33.1. The van der Waals surface area contributed by atoms with E-state index in [-0.39, 0.29) is 22.6 Å². The Hall–Kier alpha value is 1.08. The van der Waals surface area contributed by atoms with Gasteiger partial charge in [-0.3, -0.25) is 4.90 Å². The minimum Gasteiger partial charge on any atom is -0.391 e. The smallest absolute Gasteiger partial charge is 0.0834 e. The molecule has 3 heterocycles. The molecule has 19 heavy (non-hydrogen) atoms. The Balaban J connectivity index is 1.68. The van der Waals surface area contributed by atoms with Crippen molar-refractivity contribution in [3.8, 4) is 0 Å². The van der Waals surface area contributed by atoms with Crippen molar-refractivity contribution in [1.29, 1.82) is 0 Å². The van der Waals surface area contributed by atoms with Crippen LogP contribution in [0.3, 0.4) is 0 Å². The third-order valence-electron chi connectivity index (χ3n) is 4.26. The van der Waals surface area contributed by atoms with Crippen molar-refractivity contribution in [3.63, 3.8) is 0 Å². The van der Waals surface area contributed by atoms with Crippen molar-refractivity contribution >= 4 is 42.2 Å². The van der Waals surface area contributed by atoms with Gasteiger partial charge in [0.2, 0.25) is 0 Å². The van der Waals surface area contributed by atoms with Gasteiger partial charge in [0.25, 0.3) is 0 Å². The molecule has 0 amide bonds. The summed E-state index contributed by atoms with van der Waals surface area (Å²) in [4.78, 5) is 2.32. The van der Waals surface area contributed by atoms with E-state index in [0.717, 1.165) is 18.6 Å². The molecule has 0 aliphatic carbocycles. The van der Waals surface area contributed by atoms with Crippen molar-refractivity contribution < 1.29 is 14.4 Å². The molecule has 3 rings (SSSR count). The van der Waals surface area contributed by atoms with Gasteiger partial charge in [-0.05, 0) is 19.9 Å². The van der Waals surface area contributed by atoms with Crippen LogP contribution in [0.25, 0.3) is 0 Å². The largest absolute Gasteiger partial charge is 0.391 e. The Morgan fingerprint density at radius 1 is 1.16 bits per heavy atom. The molecule has 7 atom stereocenters. The fourth-order valence-corrected chi connectivity index (χ4v) is 10.3. The summed E-state index contributed by atoms with van der Waals surface area (Å²) < 4.78 is 11.6. The molecular formula is C11H19NO3S4. The summed E-state index contributed by atoms with van der Waals surface area (Å²) in [5, 5.41) is 20.4. The van der Waals surface area contributed by atoms with E-state index in [4.69, 9.17) is 0 Å². The van der Waals surface area contributed by atoms with Crippen LogP contribution in [0.4, 0.5) is 0 Å². The zero-order valence-corrected chi connectivity index (χ0v) is 13.9. The van der Waals surface area contributed by atoms with Crippen LogP contribution in [0.5, 0.6) is 0 Å². The summed E-state index contributed by atoms with van der Waals surface area (Å²) in [6.45, 7) is 0. The monoisotopic (exact) mass is 341 g/mol. The van der Waals surface area contributed by atoms with E-state index >= 15 is 0 Å². The second kappa shape index (κ2) is 6.06. The van der Waals surface area contributed by atoms with E-state index in [2.05, 4.69) is 11.9 Å². The van der Waals surface area contributed by atoms with Gasteiger partial charge in [-0.15, -0.1) is 0 Å². The predicted molar refractivity (Wildman–Crippen MR) is 84.8 cm³/mol. The number of aliphatic hydroxyl groups excluding tert-OH is 2. The first kappa shape index (κ1) is 15.0. The lowest BCUT2D eigenvalue weighted by atomic mass is 10.1. The minimum atomic E-state index is -0.933. The van der Waals surface area contributed by atoms with Gasteiger partial charge in [0.1, 0.15) is 0 Å². The average Bonchev–Trinajstić information content (AvgIpc) is 3.00. The van der Waals surface area contributed by atoms with Gasteiger partial charge in [-0.2, -0.15) is 0 Å². The minimum absolute atomic E-state index is 0.0621. The summed E-state index contributed by atoms with van der Waals surface area (Å²) in [5.41, 5.74) is 0. The fraction of sp³-hybridized carbons (Fsp3) is 1.00. The molecule has 7 unspecified atom stereocenters. The highest BCUT2D eigenvalue weighted by Gasteiger charge is 2.47. The maximum absolute atomic E-state index is 11.6. The van der Waals surface area contributed by atoms with Crippen LogP contribution in [-0.2, 0) is 9.83 Å². The molecule has 3 aliphatic rings. The van der Waals surface area contributed by atoms with E-state index in [9.17, 15) is 14.4 Å². The quantitative estimate of drug-likeness (QED) is 0.718. The summed E-state index contributed by atoms with van der Waals surface area (Å²) in [6, 6.07) is 0.664. The molecule has 4 nitrogen and oxygen atoms in total. The molecule has 0 aromatic heterocycles. The zero-order chi connectivity index (χ0) is 13.6. The summed E-state index contributed by atoms with van der Waals surface area (Å²) in [7, 11) is 6.13. The van der Waals surface area contributed by atoms with Crippen LogP contribution >= 0.6 is 32.4 Å². The van der Waals surface area contributed by atoms with Crippen molar-refractivity contribution in [3.05, 3.63) is 0 Å². The number of nitrogens with zero attached hydrogens (tertiary/aromatic N) is 1. The highest BCUT2D eigenvalue weighted by molar-refractivity contribution is 8.77. The maximum Gasteiger partial charge on any atom is 0.0834 e. The number of hydrogen-bond acceptors (Lipinski definition) is 7. The lowest BCUT2D eigenvalue weighted by Crippen LogP contribution is -2.47. The van der Waals surface area contributed by atoms with Crippen LogP contribution in [-0.4, -0.2) is 72.7 Å². The van der Waals surface area contributed by atoms with Gasteiger partial charge in [-0.25, -0.2) is 4.21 Å². The van der Waals surface area contributed by atoms with Gasteiger partial charge in [0, 0.05) is 17.8 Å². The van der Waals surface area contributed by atoms with Crippen LogP contribution in [0.2, 0.25) is 0 Å². The van der Waals surface area contributed by atoms with E-state index in [1.54, 1.807) is 21.6 Å². The summed E-state index contributed by atoms with van der Waals surface area (Å²) in [5.74, 6) is 1.22. The summed E-state index contributed by atoms with van der Waals surface area (Å²) in [6.07, 6.45) is 1.41. The lowest BCUT2D eigenvalue weighted by Gasteiger charge is -2.33. The first-order valence-corrected chi connectivity index (χ1v) is 11.6. The van der Waals surface area contributed by atoms with E-state index in [1.807, 2.05) is 0 Å². The Morgan fingerprint density at radius 2 is 1.84 bits per heavy atom. The number of aliphatic hydroxyl groups is 2. The van der Waals surface area contributed by atoms with Crippen LogP contribution in [0, 0.1) is 0 Å². The second-order valence-corrected chi connectivity index (χ2v) is 11.3. The van der Waals surface area contributed by atoms with Gasteiger partial charge in [-0.1, -0.05) is 32.4 Å². The topological polar surface area (TPSA) is 60.8 Å². The first-order valence-electron chi connectivity index (χ1n) is 6.50. The Morgan fingerprint density at radius 3 is 2.37 bits per heavy atom. The van der Waals surface area contributed by atoms with Crippen LogP contribution in [0.1, 0.15) is 12.8 Å². The van der Waals surface area contributed by atoms with Crippen LogP contribution < -0.4 is 0 Å². The lowest BCUT2D eigenvalue weighted by molar-refractivity contribution is 0.122. The maximum atomic E-state index is 11.6. The highest BCUT2D eigenvalue weighted by Crippen LogP contribution is 2.46. The molecule has 0 bridgehead atoms. The zero-order valence-electron chi connectivity index (χ0n) is 10.7. The van der Waals surface area contributed by atoms with E-state index < -0.39 is 15.9 Å². The molecule has 110 valence electrons. The van der Waals surface area contributed by atoms with Crippen LogP contribution in [0.15, 0.2) is 0 Å². The Kier molecular flexibility index (Phi) is 4.78. The molecule has 2 N–H and O–H groups in total. The normalized spacial score (nSPS) is 52.1. The van der Waals surface area contributed by atoms with Gasteiger partial charge >= 0.3 is 0 Å². The number of rotatable bonds is 2. The number of likely N-dealkylation sites (tertiary alicyclic amines) is 1. The molecule has 0 saturated carbocycles. The first-order chi connectivity index (χ1) is 9.08. The molecule has 3 aliphatic heterocycles.